The lowest BCUT2D eigenvalue weighted by Crippen LogP contribution is -2.47. The number of hydrogen-bond donors (Lipinski definition) is 1. The largest absolute Gasteiger partial charge is 0.376 e. The molecule has 216 valence electrons. The van der Waals surface area contributed by atoms with Gasteiger partial charge in [-0.25, -0.2) is 0 Å². The van der Waals surface area contributed by atoms with E-state index >= 15 is 0 Å². The van der Waals surface area contributed by atoms with E-state index in [2.05, 4.69) is 91.9 Å². The van der Waals surface area contributed by atoms with Crippen LogP contribution in [0, 0.1) is 0 Å². The molecule has 6 rings (SSSR count). The lowest BCUT2D eigenvalue weighted by atomic mass is 10.0. The molecule has 0 radical (unpaired) electrons. The van der Waals surface area contributed by atoms with E-state index in [9.17, 15) is 4.79 Å². The van der Waals surface area contributed by atoms with Gasteiger partial charge in [0.25, 0.3) is 5.56 Å². The fourth-order valence-electron chi connectivity index (χ4n) is 5.93. The van der Waals surface area contributed by atoms with Crippen molar-refractivity contribution in [1.82, 2.24) is 19.6 Å². The number of aromatic nitrogens is 2. The zero-order valence-electron chi connectivity index (χ0n) is 24.2. The highest BCUT2D eigenvalue weighted by atomic mass is 16.1. The van der Waals surface area contributed by atoms with Crippen molar-refractivity contribution < 1.29 is 0 Å². The van der Waals surface area contributed by atoms with E-state index in [1.807, 2.05) is 42.6 Å². The summed E-state index contributed by atoms with van der Waals surface area (Å²) in [4.78, 5) is 21.2. The molecule has 0 spiro atoms. The number of hydrogen-bond acceptors (Lipinski definition) is 6. The monoisotopic (exact) mass is 560 g/mol. The molecule has 7 nitrogen and oxygen atoms in total. The average molecular weight is 561 g/mol. The van der Waals surface area contributed by atoms with E-state index in [-0.39, 0.29) is 11.6 Å². The van der Waals surface area contributed by atoms with Crippen LogP contribution in [0.4, 0.5) is 11.4 Å². The highest BCUT2D eigenvalue weighted by molar-refractivity contribution is 5.69. The van der Waals surface area contributed by atoms with Gasteiger partial charge in [0.05, 0.1) is 17.6 Å². The van der Waals surface area contributed by atoms with Crippen LogP contribution in [0.15, 0.2) is 108 Å². The van der Waals surface area contributed by atoms with Crippen LogP contribution < -0.4 is 15.8 Å². The van der Waals surface area contributed by atoms with Gasteiger partial charge < -0.3 is 10.2 Å². The van der Waals surface area contributed by atoms with Crippen molar-refractivity contribution in [2.24, 2.45) is 0 Å². The summed E-state index contributed by atoms with van der Waals surface area (Å²) in [5.74, 6) is 0. The van der Waals surface area contributed by atoms with Crippen LogP contribution in [0.25, 0.3) is 11.8 Å². The standard InChI is InChI=1S/C35H40N6O/c42-35-34(37-31-18-21-39(22-19-31)28-30-13-6-2-7-14-30)33(27-36-41(35)32-16-8-3-9-17-32)40-25-23-38(24-26-40)20-10-15-29-11-4-1-5-12-29/h1-17,27,31,37H,18-26,28H2/b15-10+. The maximum atomic E-state index is 13.9. The van der Waals surface area contributed by atoms with E-state index in [0.717, 1.165) is 76.6 Å². The second-order valence-electron chi connectivity index (χ2n) is 11.2. The fourth-order valence-corrected chi connectivity index (χ4v) is 5.93. The molecule has 0 bridgehead atoms. The lowest BCUT2D eigenvalue weighted by molar-refractivity contribution is 0.211. The number of nitrogens with one attached hydrogen (secondary N) is 1. The molecule has 2 aliphatic heterocycles. The summed E-state index contributed by atoms with van der Waals surface area (Å²) in [5, 5.41) is 8.33. The summed E-state index contributed by atoms with van der Waals surface area (Å²) in [6, 6.07) is 31.1. The second-order valence-corrected chi connectivity index (χ2v) is 11.2. The smallest absolute Gasteiger partial charge is 0.296 e. The van der Waals surface area contributed by atoms with Gasteiger partial charge in [-0.05, 0) is 36.1 Å². The number of piperazine rings is 1. The highest BCUT2D eigenvalue weighted by Crippen LogP contribution is 2.26. The van der Waals surface area contributed by atoms with Gasteiger partial charge in [-0.3, -0.25) is 14.6 Å². The van der Waals surface area contributed by atoms with Crippen LogP contribution in [-0.2, 0) is 6.54 Å². The molecular weight excluding hydrogens is 520 g/mol. The minimum absolute atomic E-state index is 0.0846. The van der Waals surface area contributed by atoms with Crippen molar-refractivity contribution >= 4 is 17.5 Å². The molecule has 7 heteroatoms. The Morgan fingerprint density at radius 3 is 2.10 bits per heavy atom. The topological polar surface area (TPSA) is 56.6 Å². The average Bonchev–Trinajstić information content (AvgIpc) is 3.05. The second kappa shape index (κ2) is 13.6. The van der Waals surface area contributed by atoms with E-state index in [0.29, 0.717) is 5.69 Å². The molecule has 3 aromatic carbocycles. The van der Waals surface area contributed by atoms with Crippen molar-refractivity contribution in [1.29, 1.82) is 0 Å². The van der Waals surface area contributed by atoms with Crippen LogP contribution in [0.3, 0.4) is 0 Å². The Hall–Kier alpha value is -4.20. The number of para-hydroxylation sites is 1. The first-order valence-electron chi connectivity index (χ1n) is 15.1. The SMILES string of the molecule is O=c1c(NC2CCN(Cc3ccccc3)CC2)c(N2CCN(C/C=C/c3ccccc3)CC2)cnn1-c1ccccc1. The number of anilines is 2. The van der Waals surface area contributed by atoms with E-state index in [1.54, 1.807) is 0 Å². The Labute approximate surface area is 248 Å². The van der Waals surface area contributed by atoms with Crippen molar-refractivity contribution in [3.63, 3.8) is 0 Å². The first-order valence-corrected chi connectivity index (χ1v) is 15.1. The van der Waals surface area contributed by atoms with Gasteiger partial charge in [0.15, 0.2) is 0 Å². The predicted molar refractivity (Wildman–Crippen MR) is 172 cm³/mol. The van der Waals surface area contributed by atoms with Crippen molar-refractivity contribution in [3.05, 3.63) is 125 Å². The third-order valence-electron chi connectivity index (χ3n) is 8.33. The number of benzene rings is 3. The van der Waals surface area contributed by atoms with Gasteiger partial charge in [0.2, 0.25) is 0 Å². The molecule has 2 aliphatic rings. The van der Waals surface area contributed by atoms with Crippen LogP contribution >= 0.6 is 0 Å². The third kappa shape index (κ3) is 6.98. The van der Waals surface area contributed by atoms with Crippen LogP contribution in [0.2, 0.25) is 0 Å². The zero-order valence-corrected chi connectivity index (χ0v) is 24.2. The van der Waals surface area contributed by atoms with Gasteiger partial charge in [0.1, 0.15) is 5.69 Å². The van der Waals surface area contributed by atoms with E-state index < -0.39 is 0 Å². The summed E-state index contributed by atoms with van der Waals surface area (Å²) in [6.45, 7) is 7.52. The quantitative estimate of drug-likeness (QED) is 0.306. The molecule has 0 atom stereocenters. The fraction of sp³-hybridized carbons (Fsp3) is 0.314. The van der Waals surface area contributed by atoms with Crippen molar-refractivity contribution in [2.75, 3.05) is 56.0 Å². The third-order valence-corrected chi connectivity index (χ3v) is 8.33. The van der Waals surface area contributed by atoms with Gasteiger partial charge >= 0.3 is 0 Å². The molecule has 3 heterocycles. The van der Waals surface area contributed by atoms with Crippen molar-refractivity contribution in [2.45, 2.75) is 25.4 Å². The first-order chi connectivity index (χ1) is 20.7. The summed E-state index contributed by atoms with van der Waals surface area (Å²) in [6.07, 6.45) is 8.31. The summed E-state index contributed by atoms with van der Waals surface area (Å²) < 4.78 is 1.53. The van der Waals surface area contributed by atoms with Crippen LogP contribution in [0.5, 0.6) is 0 Å². The van der Waals surface area contributed by atoms with Gasteiger partial charge in [-0.1, -0.05) is 91.0 Å². The Bertz CT molecular complexity index is 1490. The molecule has 0 aliphatic carbocycles. The molecule has 0 amide bonds. The molecule has 1 N–H and O–H groups in total. The maximum Gasteiger partial charge on any atom is 0.296 e. The highest BCUT2D eigenvalue weighted by Gasteiger charge is 2.26. The predicted octanol–water partition coefficient (Wildman–Crippen LogP) is 5.14. The molecule has 4 aromatic rings. The molecule has 2 fully saturated rings. The molecule has 2 saturated heterocycles. The zero-order chi connectivity index (χ0) is 28.6. The minimum atomic E-state index is -0.0846. The normalized spacial score (nSPS) is 17.1. The molecular formula is C35H40N6O. The Kier molecular flexibility index (Phi) is 9.08. The molecule has 0 unspecified atom stereocenters. The molecule has 1 aromatic heterocycles. The lowest BCUT2D eigenvalue weighted by Gasteiger charge is -2.37. The summed E-state index contributed by atoms with van der Waals surface area (Å²) >= 11 is 0. The van der Waals surface area contributed by atoms with Crippen LogP contribution in [-0.4, -0.2) is 71.4 Å². The Morgan fingerprint density at radius 2 is 1.40 bits per heavy atom. The van der Waals surface area contributed by atoms with E-state index in [4.69, 9.17) is 0 Å². The summed E-state index contributed by atoms with van der Waals surface area (Å²) in [7, 11) is 0. The minimum Gasteiger partial charge on any atom is -0.376 e. The van der Waals surface area contributed by atoms with Crippen LogP contribution in [0.1, 0.15) is 24.0 Å². The number of rotatable bonds is 9. The maximum absolute atomic E-state index is 13.9. The van der Waals surface area contributed by atoms with Gasteiger partial charge in [0, 0.05) is 58.4 Å². The molecule has 0 saturated carbocycles. The van der Waals surface area contributed by atoms with Gasteiger partial charge in [-0.15, -0.1) is 0 Å². The number of piperidine rings is 1. The number of nitrogens with zero attached hydrogens (tertiary/aromatic N) is 5. The number of likely N-dealkylation sites (tertiary alicyclic amines) is 1. The Morgan fingerprint density at radius 1 is 0.762 bits per heavy atom. The summed E-state index contributed by atoms with van der Waals surface area (Å²) in [5.41, 5.74) is 4.86. The van der Waals surface area contributed by atoms with Gasteiger partial charge in [-0.2, -0.15) is 9.78 Å². The first kappa shape index (κ1) is 27.9. The van der Waals surface area contributed by atoms with Crippen molar-refractivity contribution in [3.8, 4) is 5.69 Å². The Balaban J connectivity index is 1.14. The molecule has 42 heavy (non-hydrogen) atoms. The van der Waals surface area contributed by atoms with E-state index in [1.165, 1.54) is 15.8 Å².